The standard InChI is InChI=1S/C15H18N4OS/c20-15(12-21-11-13-4-2-1-3-5-13)18-9-6-14(10-18)19-16-7-8-17-19/h1-5,7-8,14H,6,9-12H2/t14-/m0/s1. The molecular weight excluding hydrogens is 284 g/mol. The van der Waals surface area contributed by atoms with Gasteiger partial charge in [-0.2, -0.15) is 15.0 Å². The number of amides is 1. The summed E-state index contributed by atoms with van der Waals surface area (Å²) in [5, 5.41) is 8.31. The molecule has 1 fully saturated rings. The van der Waals surface area contributed by atoms with Gasteiger partial charge in [0.25, 0.3) is 0 Å². The molecule has 1 aromatic carbocycles. The first-order chi connectivity index (χ1) is 10.3. The third-order valence-corrected chi connectivity index (χ3v) is 4.60. The molecule has 1 aromatic heterocycles. The van der Waals surface area contributed by atoms with Crippen molar-refractivity contribution in [3.05, 3.63) is 48.3 Å². The van der Waals surface area contributed by atoms with Crippen LogP contribution in [0.4, 0.5) is 0 Å². The number of likely N-dealkylation sites (tertiary alicyclic amines) is 1. The van der Waals surface area contributed by atoms with E-state index in [0.29, 0.717) is 5.75 Å². The summed E-state index contributed by atoms with van der Waals surface area (Å²) in [4.78, 5) is 15.8. The van der Waals surface area contributed by atoms with E-state index in [1.165, 1.54) is 5.56 Å². The lowest BCUT2D eigenvalue weighted by atomic mass is 10.2. The number of carbonyl (C=O) groups excluding carboxylic acids is 1. The predicted molar refractivity (Wildman–Crippen MR) is 82.9 cm³/mol. The van der Waals surface area contributed by atoms with Gasteiger partial charge < -0.3 is 4.90 Å². The van der Waals surface area contributed by atoms with Crippen LogP contribution in [0.2, 0.25) is 0 Å². The van der Waals surface area contributed by atoms with Crippen LogP contribution in [0.1, 0.15) is 18.0 Å². The summed E-state index contributed by atoms with van der Waals surface area (Å²) >= 11 is 1.67. The molecule has 1 atom stereocenters. The summed E-state index contributed by atoms with van der Waals surface area (Å²) in [6.07, 6.45) is 4.30. The van der Waals surface area contributed by atoms with Gasteiger partial charge in [0, 0.05) is 18.8 Å². The molecular formula is C15H18N4OS. The Morgan fingerprint density at radius 2 is 2.00 bits per heavy atom. The van der Waals surface area contributed by atoms with E-state index in [4.69, 9.17) is 0 Å². The van der Waals surface area contributed by atoms with E-state index in [2.05, 4.69) is 22.3 Å². The topological polar surface area (TPSA) is 51.0 Å². The highest BCUT2D eigenvalue weighted by molar-refractivity contribution is 7.99. The lowest BCUT2D eigenvalue weighted by Crippen LogP contribution is -2.30. The van der Waals surface area contributed by atoms with E-state index in [1.807, 2.05) is 23.1 Å². The molecule has 0 radical (unpaired) electrons. The van der Waals surface area contributed by atoms with Crippen LogP contribution in [0.5, 0.6) is 0 Å². The van der Waals surface area contributed by atoms with Crippen LogP contribution in [-0.2, 0) is 10.5 Å². The average molecular weight is 302 g/mol. The Morgan fingerprint density at radius 3 is 2.76 bits per heavy atom. The monoisotopic (exact) mass is 302 g/mol. The maximum absolute atomic E-state index is 12.2. The van der Waals surface area contributed by atoms with Gasteiger partial charge in [-0.1, -0.05) is 30.3 Å². The van der Waals surface area contributed by atoms with Crippen molar-refractivity contribution in [2.45, 2.75) is 18.2 Å². The molecule has 110 valence electrons. The van der Waals surface area contributed by atoms with E-state index in [1.54, 1.807) is 29.0 Å². The number of nitrogens with zero attached hydrogens (tertiary/aromatic N) is 4. The molecule has 2 heterocycles. The van der Waals surface area contributed by atoms with Crippen LogP contribution in [0.15, 0.2) is 42.7 Å². The minimum Gasteiger partial charge on any atom is -0.340 e. The zero-order chi connectivity index (χ0) is 14.5. The Hall–Kier alpha value is -1.82. The van der Waals surface area contributed by atoms with Crippen LogP contribution in [0.25, 0.3) is 0 Å². The molecule has 0 bridgehead atoms. The molecule has 0 N–H and O–H groups in total. The number of thioether (sulfide) groups is 1. The first kappa shape index (κ1) is 14.1. The lowest BCUT2D eigenvalue weighted by Gasteiger charge is -2.16. The van der Waals surface area contributed by atoms with E-state index < -0.39 is 0 Å². The van der Waals surface area contributed by atoms with Crippen LogP contribution in [0, 0.1) is 0 Å². The van der Waals surface area contributed by atoms with Crippen molar-refractivity contribution in [2.75, 3.05) is 18.8 Å². The highest BCUT2D eigenvalue weighted by Gasteiger charge is 2.27. The molecule has 0 saturated carbocycles. The first-order valence-corrected chi connectivity index (χ1v) is 8.23. The van der Waals surface area contributed by atoms with Gasteiger partial charge in [-0.05, 0) is 12.0 Å². The van der Waals surface area contributed by atoms with Gasteiger partial charge in [-0.25, -0.2) is 0 Å². The van der Waals surface area contributed by atoms with Crippen molar-refractivity contribution in [3.63, 3.8) is 0 Å². The summed E-state index contributed by atoms with van der Waals surface area (Å²) in [6.45, 7) is 1.52. The van der Waals surface area contributed by atoms with Gasteiger partial charge >= 0.3 is 0 Å². The Kier molecular flexibility index (Phi) is 4.55. The minimum absolute atomic E-state index is 0.214. The Morgan fingerprint density at radius 1 is 1.24 bits per heavy atom. The summed E-state index contributed by atoms with van der Waals surface area (Å²) < 4.78 is 0. The molecule has 0 spiro atoms. The van der Waals surface area contributed by atoms with E-state index in [9.17, 15) is 4.79 Å². The largest absolute Gasteiger partial charge is 0.340 e. The Bertz CT molecular complexity index is 573. The van der Waals surface area contributed by atoms with Crippen molar-refractivity contribution in [1.29, 1.82) is 0 Å². The molecule has 21 heavy (non-hydrogen) atoms. The van der Waals surface area contributed by atoms with Crippen molar-refractivity contribution in [2.24, 2.45) is 0 Å². The van der Waals surface area contributed by atoms with Crippen LogP contribution < -0.4 is 0 Å². The van der Waals surface area contributed by atoms with Gasteiger partial charge in [0.1, 0.15) is 0 Å². The van der Waals surface area contributed by atoms with Crippen molar-refractivity contribution < 1.29 is 4.79 Å². The SMILES string of the molecule is O=C(CSCc1ccccc1)N1CC[C@H](n2nccn2)C1. The maximum Gasteiger partial charge on any atom is 0.232 e. The number of hydrogen-bond donors (Lipinski definition) is 0. The lowest BCUT2D eigenvalue weighted by molar-refractivity contribution is -0.127. The molecule has 0 aliphatic carbocycles. The quantitative estimate of drug-likeness (QED) is 0.847. The van der Waals surface area contributed by atoms with Crippen molar-refractivity contribution >= 4 is 17.7 Å². The molecule has 0 unspecified atom stereocenters. The summed E-state index contributed by atoms with van der Waals surface area (Å²) in [5.74, 6) is 1.63. The normalized spacial score (nSPS) is 18.1. The molecule has 1 aliphatic rings. The fraction of sp³-hybridized carbons (Fsp3) is 0.400. The Labute approximate surface area is 128 Å². The number of benzene rings is 1. The van der Waals surface area contributed by atoms with E-state index >= 15 is 0 Å². The third kappa shape index (κ3) is 3.64. The maximum atomic E-state index is 12.2. The fourth-order valence-electron chi connectivity index (χ4n) is 2.49. The van der Waals surface area contributed by atoms with Crippen molar-refractivity contribution in [1.82, 2.24) is 19.9 Å². The Balaban J connectivity index is 1.44. The van der Waals surface area contributed by atoms with Gasteiger partial charge in [0.05, 0.1) is 24.2 Å². The predicted octanol–water partition coefficient (Wildman–Crippen LogP) is 1.98. The van der Waals surface area contributed by atoms with Crippen molar-refractivity contribution in [3.8, 4) is 0 Å². The molecule has 1 aliphatic heterocycles. The van der Waals surface area contributed by atoms with Gasteiger partial charge in [-0.15, -0.1) is 11.8 Å². The molecule has 2 aromatic rings. The molecule has 5 nitrogen and oxygen atoms in total. The second-order valence-corrected chi connectivity index (χ2v) is 6.10. The number of hydrogen-bond acceptors (Lipinski definition) is 4. The molecule has 1 amide bonds. The highest BCUT2D eigenvalue weighted by atomic mass is 32.2. The van der Waals surface area contributed by atoms with Crippen LogP contribution >= 0.6 is 11.8 Å². The van der Waals surface area contributed by atoms with Gasteiger partial charge in [-0.3, -0.25) is 4.79 Å². The van der Waals surface area contributed by atoms with Crippen LogP contribution in [-0.4, -0.2) is 44.6 Å². The smallest absolute Gasteiger partial charge is 0.232 e. The summed E-state index contributed by atoms with van der Waals surface area (Å²) in [5.41, 5.74) is 1.26. The number of rotatable bonds is 5. The van der Waals surface area contributed by atoms with Gasteiger partial charge in [0.15, 0.2) is 0 Å². The van der Waals surface area contributed by atoms with Crippen LogP contribution in [0.3, 0.4) is 0 Å². The average Bonchev–Trinajstić information content (AvgIpc) is 3.19. The van der Waals surface area contributed by atoms with E-state index in [0.717, 1.165) is 25.3 Å². The first-order valence-electron chi connectivity index (χ1n) is 7.08. The zero-order valence-electron chi connectivity index (χ0n) is 11.8. The van der Waals surface area contributed by atoms with Gasteiger partial charge in [0.2, 0.25) is 5.91 Å². The summed E-state index contributed by atoms with van der Waals surface area (Å²) in [6, 6.07) is 10.5. The zero-order valence-corrected chi connectivity index (χ0v) is 12.6. The number of carbonyl (C=O) groups is 1. The highest BCUT2D eigenvalue weighted by Crippen LogP contribution is 2.21. The molecule has 1 saturated heterocycles. The van der Waals surface area contributed by atoms with E-state index in [-0.39, 0.29) is 11.9 Å². The summed E-state index contributed by atoms with van der Waals surface area (Å²) in [7, 11) is 0. The second-order valence-electron chi connectivity index (χ2n) is 5.11. The number of aromatic nitrogens is 3. The second kappa shape index (κ2) is 6.76. The molecule has 3 rings (SSSR count). The third-order valence-electron chi connectivity index (χ3n) is 3.62. The fourth-order valence-corrected chi connectivity index (χ4v) is 3.38. The minimum atomic E-state index is 0.214. The molecule has 6 heteroatoms.